The number of anilines is 1. The molecular formula is C17H27BrN2O. The Morgan fingerprint density at radius 3 is 2.81 bits per heavy atom. The second-order valence-electron chi connectivity index (χ2n) is 5.66. The number of nitrogens with zero attached hydrogens (tertiary/aromatic N) is 1. The molecule has 1 fully saturated rings. The largest absolute Gasteiger partial charge is 0.376 e. The minimum absolute atomic E-state index is 0.367. The third-order valence-corrected chi connectivity index (χ3v) is 4.84. The van der Waals surface area contributed by atoms with Gasteiger partial charge in [-0.1, -0.05) is 28.9 Å². The summed E-state index contributed by atoms with van der Waals surface area (Å²) in [5, 5.41) is 3.46. The highest BCUT2D eigenvalue weighted by Gasteiger charge is 2.19. The molecule has 2 rings (SSSR count). The Morgan fingerprint density at radius 1 is 1.43 bits per heavy atom. The Bertz CT molecular complexity index is 446. The second-order valence-corrected chi connectivity index (χ2v) is 6.51. The highest BCUT2D eigenvalue weighted by atomic mass is 79.9. The lowest BCUT2D eigenvalue weighted by Gasteiger charge is -2.27. The molecule has 2 unspecified atom stereocenters. The average Bonchev–Trinajstić information content (AvgIpc) is 2.97. The third-order valence-electron chi connectivity index (χ3n) is 4.16. The molecule has 1 N–H and O–H groups in total. The molecule has 0 radical (unpaired) electrons. The number of likely N-dealkylation sites (N-methyl/N-ethyl adjacent to an activating group) is 1. The number of hydrogen-bond acceptors (Lipinski definition) is 3. The van der Waals surface area contributed by atoms with E-state index in [9.17, 15) is 0 Å². The molecule has 0 saturated carbocycles. The number of nitrogens with one attached hydrogen (secondary N) is 1. The van der Waals surface area contributed by atoms with E-state index in [0.29, 0.717) is 12.1 Å². The monoisotopic (exact) mass is 354 g/mol. The first-order valence-electron chi connectivity index (χ1n) is 8.05. The summed E-state index contributed by atoms with van der Waals surface area (Å²) in [4.78, 5) is 2.41. The normalized spacial score (nSPS) is 19.7. The summed E-state index contributed by atoms with van der Waals surface area (Å²) in [6, 6.07) is 7.06. The van der Waals surface area contributed by atoms with Crippen molar-refractivity contribution in [2.24, 2.45) is 0 Å². The molecule has 0 amide bonds. The van der Waals surface area contributed by atoms with Crippen molar-refractivity contribution < 1.29 is 4.74 Å². The van der Waals surface area contributed by atoms with Crippen molar-refractivity contribution in [3.63, 3.8) is 0 Å². The maximum Gasteiger partial charge on any atom is 0.0750 e. The van der Waals surface area contributed by atoms with E-state index in [4.69, 9.17) is 4.74 Å². The van der Waals surface area contributed by atoms with Gasteiger partial charge in [0.15, 0.2) is 0 Å². The predicted molar refractivity (Wildman–Crippen MR) is 93.1 cm³/mol. The number of benzene rings is 1. The number of rotatable bonds is 7. The van der Waals surface area contributed by atoms with Crippen molar-refractivity contribution in [3.8, 4) is 0 Å². The summed E-state index contributed by atoms with van der Waals surface area (Å²) in [5.41, 5.74) is 2.58. The van der Waals surface area contributed by atoms with Gasteiger partial charge >= 0.3 is 0 Å². The molecule has 1 aliphatic rings. The van der Waals surface area contributed by atoms with Gasteiger partial charge in [-0.25, -0.2) is 0 Å². The molecule has 21 heavy (non-hydrogen) atoms. The highest BCUT2D eigenvalue weighted by Crippen LogP contribution is 2.29. The van der Waals surface area contributed by atoms with Crippen LogP contribution in [-0.2, 0) is 4.74 Å². The minimum Gasteiger partial charge on any atom is -0.376 e. The number of ether oxygens (including phenoxy) is 1. The van der Waals surface area contributed by atoms with Gasteiger partial charge in [0.05, 0.1) is 6.10 Å². The van der Waals surface area contributed by atoms with Crippen LogP contribution in [0.25, 0.3) is 0 Å². The Kier molecular flexibility index (Phi) is 6.52. The van der Waals surface area contributed by atoms with E-state index in [0.717, 1.165) is 26.2 Å². The Balaban J connectivity index is 2.09. The van der Waals surface area contributed by atoms with Crippen molar-refractivity contribution in [3.05, 3.63) is 28.2 Å². The van der Waals surface area contributed by atoms with Crippen molar-refractivity contribution in [2.75, 3.05) is 31.1 Å². The summed E-state index contributed by atoms with van der Waals surface area (Å²) in [6.07, 6.45) is 2.78. The van der Waals surface area contributed by atoms with Crippen LogP contribution in [0.1, 0.15) is 45.2 Å². The van der Waals surface area contributed by atoms with E-state index in [1.165, 1.54) is 28.6 Å². The molecule has 1 aliphatic heterocycles. The van der Waals surface area contributed by atoms with Gasteiger partial charge in [0.25, 0.3) is 0 Å². The predicted octanol–water partition coefficient (Wildman–Crippen LogP) is 4.12. The van der Waals surface area contributed by atoms with Crippen LogP contribution < -0.4 is 10.2 Å². The minimum atomic E-state index is 0.367. The van der Waals surface area contributed by atoms with Crippen LogP contribution in [0.2, 0.25) is 0 Å². The van der Waals surface area contributed by atoms with E-state index < -0.39 is 0 Å². The van der Waals surface area contributed by atoms with Crippen molar-refractivity contribution in [1.82, 2.24) is 5.32 Å². The molecule has 1 heterocycles. The van der Waals surface area contributed by atoms with E-state index in [-0.39, 0.29) is 0 Å². The summed E-state index contributed by atoms with van der Waals surface area (Å²) < 4.78 is 6.95. The zero-order valence-electron chi connectivity index (χ0n) is 13.4. The lowest BCUT2D eigenvalue weighted by atomic mass is 10.1. The molecule has 118 valence electrons. The maximum atomic E-state index is 5.77. The van der Waals surface area contributed by atoms with Gasteiger partial charge in [-0.2, -0.15) is 0 Å². The second kappa shape index (κ2) is 8.16. The lowest BCUT2D eigenvalue weighted by molar-refractivity contribution is 0.115. The number of halogens is 1. The van der Waals surface area contributed by atoms with Crippen LogP contribution >= 0.6 is 15.9 Å². The lowest BCUT2D eigenvalue weighted by Crippen LogP contribution is -2.32. The van der Waals surface area contributed by atoms with Crippen LogP contribution in [-0.4, -0.2) is 32.3 Å². The van der Waals surface area contributed by atoms with E-state index >= 15 is 0 Å². The molecular weight excluding hydrogens is 328 g/mol. The molecule has 1 aromatic rings. The van der Waals surface area contributed by atoms with Crippen LogP contribution in [0.4, 0.5) is 5.69 Å². The summed E-state index contributed by atoms with van der Waals surface area (Å²) in [6.45, 7) is 10.4. The third kappa shape index (κ3) is 4.44. The zero-order valence-corrected chi connectivity index (χ0v) is 14.9. The molecule has 1 aromatic carbocycles. The first-order chi connectivity index (χ1) is 10.2. The zero-order chi connectivity index (χ0) is 15.2. The summed E-state index contributed by atoms with van der Waals surface area (Å²) >= 11 is 3.73. The Morgan fingerprint density at radius 2 is 2.24 bits per heavy atom. The average molecular weight is 355 g/mol. The van der Waals surface area contributed by atoms with Gasteiger partial charge in [-0.15, -0.1) is 0 Å². The molecule has 1 saturated heterocycles. The standard InChI is InChI=1S/C17H27BrN2O/c1-4-19-13(3)16-9-8-14(11-17(16)18)20(5-2)12-15-7-6-10-21-15/h8-9,11,13,15,19H,4-7,10,12H2,1-3H3. The molecule has 3 nitrogen and oxygen atoms in total. The molecule has 0 aromatic heterocycles. The van der Waals surface area contributed by atoms with Crippen LogP contribution in [0, 0.1) is 0 Å². The summed E-state index contributed by atoms with van der Waals surface area (Å²) in [5.74, 6) is 0. The fraction of sp³-hybridized carbons (Fsp3) is 0.647. The SMILES string of the molecule is CCNC(C)c1ccc(N(CC)CC2CCCO2)cc1Br. The molecule has 0 bridgehead atoms. The van der Waals surface area contributed by atoms with Gasteiger partial charge in [-0.3, -0.25) is 0 Å². The first kappa shape index (κ1) is 16.8. The fourth-order valence-corrected chi connectivity index (χ4v) is 3.64. The van der Waals surface area contributed by atoms with Gasteiger partial charge in [0, 0.05) is 35.9 Å². The van der Waals surface area contributed by atoms with Gasteiger partial charge < -0.3 is 15.0 Å². The van der Waals surface area contributed by atoms with Crippen molar-refractivity contribution >= 4 is 21.6 Å². The first-order valence-corrected chi connectivity index (χ1v) is 8.84. The van der Waals surface area contributed by atoms with Crippen molar-refractivity contribution in [1.29, 1.82) is 0 Å². The van der Waals surface area contributed by atoms with E-state index in [1.807, 2.05) is 0 Å². The maximum absolute atomic E-state index is 5.77. The Labute approximate surface area is 137 Å². The molecule has 2 atom stereocenters. The van der Waals surface area contributed by atoms with E-state index in [1.54, 1.807) is 0 Å². The number of hydrogen-bond donors (Lipinski definition) is 1. The van der Waals surface area contributed by atoms with Gasteiger partial charge in [0.2, 0.25) is 0 Å². The molecule has 4 heteroatoms. The molecule has 0 spiro atoms. The summed E-state index contributed by atoms with van der Waals surface area (Å²) in [7, 11) is 0. The fourth-order valence-electron chi connectivity index (χ4n) is 2.93. The van der Waals surface area contributed by atoms with Crippen LogP contribution in [0.3, 0.4) is 0 Å². The van der Waals surface area contributed by atoms with Crippen LogP contribution in [0.5, 0.6) is 0 Å². The van der Waals surface area contributed by atoms with Crippen molar-refractivity contribution in [2.45, 2.75) is 45.8 Å². The van der Waals surface area contributed by atoms with E-state index in [2.05, 4.69) is 65.1 Å². The Hall–Kier alpha value is -0.580. The van der Waals surface area contributed by atoms with Crippen LogP contribution in [0.15, 0.2) is 22.7 Å². The topological polar surface area (TPSA) is 24.5 Å². The van der Waals surface area contributed by atoms with Gasteiger partial charge in [0.1, 0.15) is 0 Å². The molecule has 0 aliphatic carbocycles. The quantitative estimate of drug-likeness (QED) is 0.796. The highest BCUT2D eigenvalue weighted by molar-refractivity contribution is 9.10. The van der Waals surface area contributed by atoms with Gasteiger partial charge in [-0.05, 0) is 50.9 Å². The smallest absolute Gasteiger partial charge is 0.0750 e.